The molecule has 0 radical (unpaired) electrons. The minimum absolute atomic E-state index is 0.0452. The van der Waals surface area contributed by atoms with Crippen LogP contribution in [-0.2, 0) is 6.54 Å². The lowest BCUT2D eigenvalue weighted by Crippen LogP contribution is -2.23. The van der Waals surface area contributed by atoms with E-state index in [1.807, 2.05) is 6.07 Å². The molecule has 0 spiro atoms. The number of carboxylic acids is 1. The number of hydrogen-bond acceptors (Lipinski definition) is 4. The molecule has 2 aromatic rings. The first-order valence-electron chi connectivity index (χ1n) is 5.53. The molecule has 0 aliphatic rings. The van der Waals surface area contributed by atoms with Gasteiger partial charge >= 0.3 is 5.97 Å². The summed E-state index contributed by atoms with van der Waals surface area (Å²) in [7, 11) is 0. The van der Waals surface area contributed by atoms with Crippen molar-refractivity contribution in [1.82, 2.24) is 15.3 Å². The lowest BCUT2D eigenvalue weighted by atomic mass is 10.2. The van der Waals surface area contributed by atoms with Crippen molar-refractivity contribution in [3.63, 3.8) is 0 Å². The SMILES string of the molecule is O=C(O)c1ccc(C(=O)NCc2cccnc2)nc1. The molecular formula is C13H11N3O3. The van der Waals surface area contributed by atoms with Gasteiger partial charge in [0.15, 0.2) is 0 Å². The summed E-state index contributed by atoms with van der Waals surface area (Å²) in [6.07, 6.45) is 4.46. The maximum atomic E-state index is 11.8. The number of aromatic nitrogens is 2. The fourth-order valence-electron chi connectivity index (χ4n) is 1.43. The van der Waals surface area contributed by atoms with E-state index in [1.54, 1.807) is 18.5 Å². The molecule has 0 unspecified atom stereocenters. The van der Waals surface area contributed by atoms with E-state index in [9.17, 15) is 9.59 Å². The molecule has 6 nitrogen and oxygen atoms in total. The Hall–Kier alpha value is -2.76. The second-order valence-electron chi connectivity index (χ2n) is 3.78. The van der Waals surface area contributed by atoms with Gasteiger partial charge in [-0.25, -0.2) is 4.79 Å². The van der Waals surface area contributed by atoms with Gasteiger partial charge in [0, 0.05) is 25.1 Å². The van der Waals surface area contributed by atoms with Gasteiger partial charge in [0.2, 0.25) is 0 Å². The number of carbonyl (C=O) groups excluding carboxylic acids is 1. The molecule has 2 N–H and O–H groups in total. The van der Waals surface area contributed by atoms with Crippen molar-refractivity contribution in [2.75, 3.05) is 0 Å². The van der Waals surface area contributed by atoms with Gasteiger partial charge in [0.05, 0.1) is 5.56 Å². The van der Waals surface area contributed by atoms with Crippen LogP contribution in [-0.4, -0.2) is 27.0 Å². The van der Waals surface area contributed by atoms with Gasteiger partial charge in [0.25, 0.3) is 5.91 Å². The number of pyridine rings is 2. The van der Waals surface area contributed by atoms with Crippen LogP contribution in [0, 0.1) is 0 Å². The maximum absolute atomic E-state index is 11.8. The monoisotopic (exact) mass is 257 g/mol. The predicted octanol–water partition coefficient (Wildman–Crippen LogP) is 1.10. The number of amides is 1. The highest BCUT2D eigenvalue weighted by atomic mass is 16.4. The van der Waals surface area contributed by atoms with Crippen LogP contribution in [0.15, 0.2) is 42.9 Å². The predicted molar refractivity (Wildman–Crippen MR) is 66.6 cm³/mol. The van der Waals surface area contributed by atoms with Gasteiger partial charge in [-0.15, -0.1) is 0 Å². The molecule has 0 aliphatic heterocycles. The summed E-state index contributed by atoms with van der Waals surface area (Å²) in [5, 5.41) is 11.4. The zero-order valence-electron chi connectivity index (χ0n) is 9.91. The molecule has 2 rings (SSSR count). The van der Waals surface area contributed by atoms with E-state index < -0.39 is 5.97 Å². The Balaban J connectivity index is 1.98. The fraction of sp³-hybridized carbons (Fsp3) is 0.0769. The zero-order valence-corrected chi connectivity index (χ0v) is 9.91. The molecule has 0 atom stereocenters. The lowest BCUT2D eigenvalue weighted by Gasteiger charge is -2.04. The first kappa shape index (κ1) is 12.7. The average molecular weight is 257 g/mol. The first-order valence-corrected chi connectivity index (χ1v) is 5.53. The number of nitrogens with one attached hydrogen (secondary N) is 1. The zero-order chi connectivity index (χ0) is 13.7. The summed E-state index contributed by atoms with van der Waals surface area (Å²) < 4.78 is 0. The van der Waals surface area contributed by atoms with Crippen molar-refractivity contribution in [3.05, 3.63) is 59.7 Å². The highest BCUT2D eigenvalue weighted by Gasteiger charge is 2.09. The van der Waals surface area contributed by atoms with Crippen molar-refractivity contribution >= 4 is 11.9 Å². The van der Waals surface area contributed by atoms with Crippen molar-refractivity contribution in [2.24, 2.45) is 0 Å². The largest absolute Gasteiger partial charge is 0.478 e. The second kappa shape index (κ2) is 5.72. The van der Waals surface area contributed by atoms with Crippen molar-refractivity contribution < 1.29 is 14.7 Å². The van der Waals surface area contributed by atoms with Gasteiger partial charge in [-0.2, -0.15) is 0 Å². The standard InChI is InChI=1S/C13H11N3O3/c17-12(16-7-9-2-1-5-14-6-9)11-4-3-10(8-15-11)13(18)19/h1-6,8H,7H2,(H,16,17)(H,18,19). The van der Waals surface area contributed by atoms with E-state index >= 15 is 0 Å². The van der Waals surface area contributed by atoms with Crippen LogP contribution in [0.25, 0.3) is 0 Å². The molecule has 0 fully saturated rings. The highest BCUT2D eigenvalue weighted by molar-refractivity contribution is 5.93. The Morgan fingerprint density at radius 1 is 1.21 bits per heavy atom. The Labute approximate surface area is 109 Å². The summed E-state index contributed by atoms with van der Waals surface area (Å²) in [4.78, 5) is 30.1. The number of aromatic carboxylic acids is 1. The van der Waals surface area contributed by atoms with E-state index in [4.69, 9.17) is 5.11 Å². The van der Waals surface area contributed by atoms with Crippen LogP contribution in [0.2, 0.25) is 0 Å². The number of carbonyl (C=O) groups is 2. The maximum Gasteiger partial charge on any atom is 0.337 e. The molecule has 2 heterocycles. The smallest absolute Gasteiger partial charge is 0.337 e. The van der Waals surface area contributed by atoms with Crippen molar-refractivity contribution in [3.8, 4) is 0 Å². The Kier molecular flexibility index (Phi) is 3.82. The molecule has 6 heteroatoms. The third kappa shape index (κ3) is 3.35. The minimum Gasteiger partial charge on any atom is -0.478 e. The molecule has 1 amide bonds. The van der Waals surface area contributed by atoms with Crippen LogP contribution in [0.1, 0.15) is 26.4 Å². The van der Waals surface area contributed by atoms with Crippen LogP contribution >= 0.6 is 0 Å². The number of carboxylic acid groups (broad SMARTS) is 1. The molecule has 19 heavy (non-hydrogen) atoms. The molecule has 0 saturated heterocycles. The van der Waals surface area contributed by atoms with Crippen LogP contribution in [0.5, 0.6) is 0 Å². The Bertz CT molecular complexity index is 582. The summed E-state index contributed by atoms with van der Waals surface area (Å²) in [6, 6.07) is 6.34. The van der Waals surface area contributed by atoms with E-state index in [0.717, 1.165) is 11.8 Å². The highest BCUT2D eigenvalue weighted by Crippen LogP contribution is 2.01. The van der Waals surface area contributed by atoms with Gasteiger partial charge in [-0.3, -0.25) is 14.8 Å². The number of nitrogens with zero attached hydrogens (tertiary/aromatic N) is 2. The van der Waals surface area contributed by atoms with Gasteiger partial charge in [-0.1, -0.05) is 6.07 Å². The van der Waals surface area contributed by atoms with Gasteiger partial charge in [-0.05, 0) is 23.8 Å². The Morgan fingerprint density at radius 3 is 2.63 bits per heavy atom. The number of rotatable bonds is 4. The first-order chi connectivity index (χ1) is 9.16. The van der Waals surface area contributed by atoms with E-state index in [2.05, 4.69) is 15.3 Å². The molecule has 0 aliphatic carbocycles. The second-order valence-corrected chi connectivity index (χ2v) is 3.78. The molecule has 0 bridgehead atoms. The lowest BCUT2D eigenvalue weighted by molar-refractivity contribution is 0.0695. The average Bonchev–Trinajstić information content (AvgIpc) is 2.46. The molecule has 0 aromatic carbocycles. The van der Waals surface area contributed by atoms with Gasteiger partial charge < -0.3 is 10.4 Å². The molecule has 2 aromatic heterocycles. The minimum atomic E-state index is -1.07. The number of hydrogen-bond donors (Lipinski definition) is 2. The van der Waals surface area contributed by atoms with Crippen LogP contribution in [0.3, 0.4) is 0 Å². The van der Waals surface area contributed by atoms with Gasteiger partial charge in [0.1, 0.15) is 5.69 Å². The normalized spacial score (nSPS) is 9.89. The van der Waals surface area contributed by atoms with Crippen LogP contribution in [0.4, 0.5) is 0 Å². The van der Waals surface area contributed by atoms with E-state index in [0.29, 0.717) is 6.54 Å². The topological polar surface area (TPSA) is 92.2 Å². The fourth-order valence-corrected chi connectivity index (χ4v) is 1.43. The molecule has 96 valence electrons. The van der Waals surface area contributed by atoms with Crippen LogP contribution < -0.4 is 5.32 Å². The quantitative estimate of drug-likeness (QED) is 0.855. The summed E-state index contributed by atoms with van der Waals surface area (Å²) in [6.45, 7) is 0.342. The Morgan fingerprint density at radius 2 is 2.05 bits per heavy atom. The third-order valence-electron chi connectivity index (χ3n) is 2.42. The van der Waals surface area contributed by atoms with Crippen molar-refractivity contribution in [1.29, 1.82) is 0 Å². The van der Waals surface area contributed by atoms with E-state index in [-0.39, 0.29) is 17.2 Å². The third-order valence-corrected chi connectivity index (χ3v) is 2.42. The molecular weight excluding hydrogens is 246 g/mol. The summed E-state index contributed by atoms with van der Waals surface area (Å²) >= 11 is 0. The van der Waals surface area contributed by atoms with E-state index in [1.165, 1.54) is 12.1 Å². The van der Waals surface area contributed by atoms with Crippen molar-refractivity contribution in [2.45, 2.75) is 6.54 Å². The summed E-state index contributed by atoms with van der Waals surface area (Å²) in [5.74, 6) is -1.43. The molecule has 0 saturated carbocycles. The summed E-state index contributed by atoms with van der Waals surface area (Å²) in [5.41, 5.74) is 1.09.